The van der Waals surface area contributed by atoms with Crippen molar-refractivity contribution in [3.05, 3.63) is 30.1 Å². The van der Waals surface area contributed by atoms with Gasteiger partial charge in [-0.1, -0.05) is 5.21 Å². The summed E-state index contributed by atoms with van der Waals surface area (Å²) in [5, 5.41) is 17.6. The zero-order valence-electron chi connectivity index (χ0n) is 14.0. The maximum absolute atomic E-state index is 9.51. The Balaban J connectivity index is 1.48. The van der Waals surface area contributed by atoms with Gasteiger partial charge in [0.2, 0.25) is 0 Å². The van der Waals surface area contributed by atoms with Crippen LogP contribution in [0.5, 0.6) is 0 Å². The molecular formula is C16H26N6O. The Kier molecular flexibility index (Phi) is 5.07. The Bertz CT molecular complexity index is 612. The summed E-state index contributed by atoms with van der Waals surface area (Å²) in [6, 6.07) is 0. The van der Waals surface area contributed by atoms with Crippen LogP contribution >= 0.6 is 0 Å². The second kappa shape index (κ2) is 7.23. The molecule has 1 fully saturated rings. The molecule has 1 aliphatic rings. The first-order chi connectivity index (χ1) is 11.2. The molecule has 3 heterocycles. The number of imidazole rings is 1. The van der Waals surface area contributed by atoms with Crippen LogP contribution in [0.2, 0.25) is 0 Å². The van der Waals surface area contributed by atoms with Crippen LogP contribution < -0.4 is 0 Å². The van der Waals surface area contributed by atoms with Crippen LogP contribution in [0, 0.1) is 5.92 Å². The molecule has 3 rings (SSSR count). The van der Waals surface area contributed by atoms with E-state index in [1.54, 1.807) is 6.92 Å². The molecule has 1 N–H and O–H groups in total. The number of hydrogen-bond acceptors (Lipinski definition) is 5. The van der Waals surface area contributed by atoms with E-state index in [2.05, 4.69) is 31.7 Å². The van der Waals surface area contributed by atoms with Crippen LogP contribution in [0.25, 0.3) is 0 Å². The lowest BCUT2D eigenvalue weighted by Crippen LogP contribution is -2.35. The van der Waals surface area contributed by atoms with Crippen molar-refractivity contribution < 1.29 is 5.11 Å². The number of aryl methyl sites for hydroxylation is 1. The molecule has 7 heteroatoms. The maximum Gasteiger partial charge on any atom is 0.111 e. The van der Waals surface area contributed by atoms with Crippen molar-refractivity contribution in [1.82, 2.24) is 29.4 Å². The maximum atomic E-state index is 9.51. The standard InChI is InChI=1S/C16H26N6O/c1-3-21-12-17-8-15(21)10-20-6-4-14(5-7-20)9-22-11-16(13(2)23)18-19-22/h8,11-14,23H,3-7,9-10H2,1-2H3/t13-/m0/s1. The molecule has 7 nitrogen and oxygen atoms in total. The molecule has 0 saturated carbocycles. The van der Waals surface area contributed by atoms with Crippen LogP contribution in [0.1, 0.15) is 44.2 Å². The zero-order chi connectivity index (χ0) is 16.2. The van der Waals surface area contributed by atoms with Crippen LogP contribution in [-0.2, 0) is 19.6 Å². The SMILES string of the molecule is CCn1cncc1CN1CCC(Cn2cc([C@H](C)O)nn2)CC1. The Morgan fingerprint density at radius 1 is 1.35 bits per heavy atom. The molecule has 1 aliphatic heterocycles. The minimum atomic E-state index is -0.547. The number of rotatable bonds is 6. The molecule has 0 aliphatic carbocycles. The summed E-state index contributed by atoms with van der Waals surface area (Å²) in [7, 11) is 0. The Morgan fingerprint density at radius 2 is 2.13 bits per heavy atom. The minimum Gasteiger partial charge on any atom is -0.387 e. The van der Waals surface area contributed by atoms with Crippen molar-refractivity contribution in [3.63, 3.8) is 0 Å². The predicted molar refractivity (Wildman–Crippen MR) is 86.6 cm³/mol. The highest BCUT2D eigenvalue weighted by atomic mass is 16.3. The second-order valence-corrected chi connectivity index (χ2v) is 6.43. The van der Waals surface area contributed by atoms with Crippen LogP contribution in [-0.4, -0.2) is 47.6 Å². The lowest BCUT2D eigenvalue weighted by Gasteiger charge is -2.31. The number of likely N-dealkylation sites (tertiary alicyclic amines) is 1. The molecular weight excluding hydrogens is 292 g/mol. The highest BCUT2D eigenvalue weighted by Crippen LogP contribution is 2.21. The van der Waals surface area contributed by atoms with Gasteiger partial charge < -0.3 is 9.67 Å². The molecule has 0 amide bonds. The van der Waals surface area contributed by atoms with E-state index >= 15 is 0 Å². The number of aliphatic hydroxyl groups is 1. The lowest BCUT2D eigenvalue weighted by atomic mass is 9.97. The van der Waals surface area contributed by atoms with Crippen molar-refractivity contribution in [2.75, 3.05) is 13.1 Å². The third kappa shape index (κ3) is 3.97. The predicted octanol–water partition coefficient (Wildman–Crippen LogP) is 1.46. The van der Waals surface area contributed by atoms with E-state index in [1.807, 2.05) is 23.4 Å². The molecule has 23 heavy (non-hydrogen) atoms. The molecule has 0 spiro atoms. The molecule has 0 bridgehead atoms. The molecule has 0 aromatic carbocycles. The van der Waals surface area contributed by atoms with Crippen LogP contribution in [0.4, 0.5) is 0 Å². The van der Waals surface area contributed by atoms with Gasteiger partial charge in [0.05, 0.1) is 24.3 Å². The smallest absolute Gasteiger partial charge is 0.111 e. The average Bonchev–Trinajstić information content (AvgIpc) is 3.18. The van der Waals surface area contributed by atoms with Gasteiger partial charge in [-0.25, -0.2) is 4.98 Å². The largest absolute Gasteiger partial charge is 0.387 e. The van der Waals surface area contributed by atoms with Crippen molar-refractivity contribution in [2.24, 2.45) is 5.92 Å². The van der Waals surface area contributed by atoms with Crippen molar-refractivity contribution in [3.8, 4) is 0 Å². The van der Waals surface area contributed by atoms with Gasteiger partial charge in [-0.15, -0.1) is 5.10 Å². The van der Waals surface area contributed by atoms with Crippen LogP contribution in [0.3, 0.4) is 0 Å². The fourth-order valence-electron chi connectivity index (χ4n) is 3.18. The van der Waals surface area contributed by atoms with E-state index < -0.39 is 6.10 Å². The number of aliphatic hydroxyl groups excluding tert-OH is 1. The summed E-state index contributed by atoms with van der Waals surface area (Å²) in [6.07, 6.45) is 7.54. The normalized spacial score (nSPS) is 18.4. The van der Waals surface area contributed by atoms with Gasteiger partial charge in [0.1, 0.15) is 5.69 Å². The molecule has 1 atom stereocenters. The second-order valence-electron chi connectivity index (χ2n) is 6.43. The molecule has 126 valence electrons. The lowest BCUT2D eigenvalue weighted by molar-refractivity contribution is 0.161. The fourth-order valence-corrected chi connectivity index (χ4v) is 3.18. The fraction of sp³-hybridized carbons (Fsp3) is 0.688. The summed E-state index contributed by atoms with van der Waals surface area (Å²) in [5.74, 6) is 0.630. The molecule has 2 aromatic heterocycles. The first-order valence-electron chi connectivity index (χ1n) is 8.45. The summed E-state index contributed by atoms with van der Waals surface area (Å²) in [5.41, 5.74) is 1.94. The highest BCUT2D eigenvalue weighted by Gasteiger charge is 2.21. The van der Waals surface area contributed by atoms with Crippen molar-refractivity contribution >= 4 is 0 Å². The van der Waals surface area contributed by atoms with E-state index in [0.717, 1.165) is 32.7 Å². The van der Waals surface area contributed by atoms with Gasteiger partial charge in [-0.05, 0) is 45.7 Å². The Labute approximate surface area is 136 Å². The van der Waals surface area contributed by atoms with Gasteiger partial charge in [-0.2, -0.15) is 0 Å². The number of aromatic nitrogens is 5. The molecule has 0 unspecified atom stereocenters. The number of piperidine rings is 1. The average molecular weight is 318 g/mol. The summed E-state index contributed by atoms with van der Waals surface area (Å²) < 4.78 is 4.08. The summed E-state index contributed by atoms with van der Waals surface area (Å²) in [6.45, 7) is 8.93. The molecule has 2 aromatic rings. The topological polar surface area (TPSA) is 72.0 Å². The third-order valence-corrected chi connectivity index (χ3v) is 4.66. The van der Waals surface area contributed by atoms with E-state index in [1.165, 1.54) is 18.5 Å². The van der Waals surface area contributed by atoms with Crippen molar-refractivity contribution in [2.45, 2.75) is 52.4 Å². The van der Waals surface area contributed by atoms with E-state index in [0.29, 0.717) is 11.6 Å². The van der Waals surface area contributed by atoms with Gasteiger partial charge in [0.15, 0.2) is 0 Å². The summed E-state index contributed by atoms with van der Waals surface area (Å²) in [4.78, 5) is 6.75. The van der Waals surface area contributed by atoms with Gasteiger partial charge >= 0.3 is 0 Å². The van der Waals surface area contributed by atoms with Crippen LogP contribution in [0.15, 0.2) is 18.7 Å². The number of hydrogen-bond donors (Lipinski definition) is 1. The minimum absolute atomic E-state index is 0.547. The summed E-state index contributed by atoms with van der Waals surface area (Å²) >= 11 is 0. The Hall–Kier alpha value is -1.73. The van der Waals surface area contributed by atoms with E-state index in [4.69, 9.17) is 0 Å². The van der Waals surface area contributed by atoms with Gasteiger partial charge in [0.25, 0.3) is 0 Å². The first kappa shape index (κ1) is 16.1. The quantitative estimate of drug-likeness (QED) is 0.873. The zero-order valence-corrected chi connectivity index (χ0v) is 14.0. The molecule has 0 radical (unpaired) electrons. The number of nitrogens with zero attached hydrogens (tertiary/aromatic N) is 6. The van der Waals surface area contributed by atoms with E-state index in [9.17, 15) is 5.11 Å². The highest BCUT2D eigenvalue weighted by molar-refractivity contribution is 4.99. The van der Waals surface area contributed by atoms with Gasteiger partial charge in [-0.3, -0.25) is 9.58 Å². The Morgan fingerprint density at radius 3 is 2.78 bits per heavy atom. The monoisotopic (exact) mass is 318 g/mol. The first-order valence-corrected chi connectivity index (χ1v) is 8.45. The van der Waals surface area contributed by atoms with Gasteiger partial charge in [0, 0.05) is 25.8 Å². The van der Waals surface area contributed by atoms with E-state index in [-0.39, 0.29) is 0 Å². The molecule has 1 saturated heterocycles. The van der Waals surface area contributed by atoms with Crippen molar-refractivity contribution in [1.29, 1.82) is 0 Å². The third-order valence-electron chi connectivity index (χ3n) is 4.66.